The first-order valence-corrected chi connectivity index (χ1v) is 9.77. The van der Waals surface area contributed by atoms with Crippen molar-refractivity contribution < 1.29 is 27.1 Å². The van der Waals surface area contributed by atoms with Gasteiger partial charge in [-0.3, -0.25) is 4.79 Å². The van der Waals surface area contributed by atoms with Gasteiger partial charge in [0.15, 0.2) is 6.10 Å². The number of hydrogen-bond acceptors (Lipinski definition) is 4. The number of benzene rings is 2. The topological polar surface area (TPSA) is 65.4 Å². The molecule has 0 aliphatic carbocycles. The molecule has 0 radical (unpaired) electrons. The number of para-hydroxylation sites is 1. The number of piperidine rings is 1. The van der Waals surface area contributed by atoms with Gasteiger partial charge in [0.25, 0.3) is 5.91 Å². The highest BCUT2D eigenvalue weighted by Gasteiger charge is 2.35. The fourth-order valence-electron chi connectivity index (χ4n) is 3.51. The summed E-state index contributed by atoms with van der Waals surface area (Å²) in [5.41, 5.74) is -0.399. The van der Waals surface area contributed by atoms with Crippen LogP contribution in [0.1, 0.15) is 30.9 Å². The first kappa shape index (κ1) is 22.4. The molecule has 1 aliphatic heterocycles. The Kier molecular flexibility index (Phi) is 6.68. The average Bonchev–Trinajstić information content (AvgIpc) is 2.73. The number of carbonyl (C=O) groups excluding carboxylic acids is 1. The molecule has 2 unspecified atom stereocenters. The molecule has 2 atom stereocenters. The molecular formula is C22H21F4N3O2. The quantitative estimate of drug-likeness (QED) is 0.713. The summed E-state index contributed by atoms with van der Waals surface area (Å²) in [5.74, 6) is -1.49. The molecule has 0 aromatic heterocycles. The smallest absolute Gasteiger partial charge is 0.419 e. The van der Waals surface area contributed by atoms with Gasteiger partial charge >= 0.3 is 6.18 Å². The van der Waals surface area contributed by atoms with Crippen LogP contribution in [0.3, 0.4) is 0 Å². The lowest BCUT2D eigenvalue weighted by Gasteiger charge is -2.35. The molecule has 0 saturated carbocycles. The third-order valence-electron chi connectivity index (χ3n) is 5.05. The average molecular weight is 435 g/mol. The van der Waals surface area contributed by atoms with Crippen molar-refractivity contribution in [1.82, 2.24) is 5.32 Å². The monoisotopic (exact) mass is 435 g/mol. The normalized spacial score (nSPS) is 17.5. The number of nitrogens with one attached hydrogen (secondary N) is 1. The fraction of sp³-hybridized carbons (Fsp3) is 0.364. The summed E-state index contributed by atoms with van der Waals surface area (Å²) in [6.07, 6.45) is -4.41. The van der Waals surface area contributed by atoms with Crippen molar-refractivity contribution in [3.63, 3.8) is 0 Å². The zero-order valence-corrected chi connectivity index (χ0v) is 16.7. The number of nitriles is 1. The highest BCUT2D eigenvalue weighted by molar-refractivity contribution is 5.81. The third-order valence-corrected chi connectivity index (χ3v) is 5.05. The number of carbonyl (C=O) groups is 1. The summed E-state index contributed by atoms with van der Waals surface area (Å²) < 4.78 is 59.0. The Labute approximate surface area is 177 Å². The van der Waals surface area contributed by atoms with Crippen LogP contribution in [-0.4, -0.2) is 31.1 Å². The minimum atomic E-state index is -4.60. The summed E-state index contributed by atoms with van der Waals surface area (Å²) in [7, 11) is 0. The van der Waals surface area contributed by atoms with Crippen LogP contribution in [0.5, 0.6) is 5.75 Å². The van der Waals surface area contributed by atoms with E-state index in [1.807, 2.05) is 6.07 Å². The van der Waals surface area contributed by atoms with Gasteiger partial charge in [-0.15, -0.1) is 0 Å². The molecule has 31 heavy (non-hydrogen) atoms. The van der Waals surface area contributed by atoms with E-state index < -0.39 is 35.3 Å². The van der Waals surface area contributed by atoms with E-state index >= 15 is 0 Å². The van der Waals surface area contributed by atoms with Gasteiger partial charge in [0, 0.05) is 19.1 Å². The van der Waals surface area contributed by atoms with Gasteiger partial charge in [0.05, 0.1) is 22.9 Å². The second-order valence-electron chi connectivity index (χ2n) is 7.33. The molecule has 1 aliphatic rings. The van der Waals surface area contributed by atoms with Gasteiger partial charge in [-0.2, -0.15) is 18.4 Å². The standard InChI is InChI=1S/C22H21F4N3O2/c1-14(31-20-7-3-2-6-17(20)22(24,25)26)21(30)28-16-5-4-10-29(13-16)19-9-8-15(12-27)11-18(19)23/h2-3,6-9,11,14,16H,4-5,10,13H2,1H3,(H,28,30). The fourth-order valence-corrected chi connectivity index (χ4v) is 3.51. The molecule has 2 aromatic carbocycles. The van der Waals surface area contributed by atoms with Gasteiger partial charge in [-0.25, -0.2) is 4.39 Å². The largest absolute Gasteiger partial charge is 0.480 e. The Hall–Kier alpha value is -3.28. The highest BCUT2D eigenvalue weighted by Crippen LogP contribution is 2.36. The number of alkyl halides is 3. The van der Waals surface area contributed by atoms with Gasteiger partial charge < -0.3 is 15.0 Å². The van der Waals surface area contributed by atoms with E-state index in [0.717, 1.165) is 12.1 Å². The Balaban J connectivity index is 1.64. The summed E-state index contributed by atoms with van der Waals surface area (Å²) in [4.78, 5) is 14.3. The maximum atomic E-state index is 14.3. The van der Waals surface area contributed by atoms with Crippen LogP contribution in [0.4, 0.5) is 23.2 Å². The van der Waals surface area contributed by atoms with E-state index in [-0.39, 0.29) is 11.6 Å². The number of rotatable bonds is 5. The van der Waals surface area contributed by atoms with Gasteiger partial charge in [0.1, 0.15) is 11.6 Å². The first-order chi connectivity index (χ1) is 14.7. The van der Waals surface area contributed by atoms with Crippen molar-refractivity contribution >= 4 is 11.6 Å². The molecule has 5 nitrogen and oxygen atoms in total. The van der Waals surface area contributed by atoms with E-state index in [2.05, 4.69) is 5.32 Å². The number of hydrogen-bond donors (Lipinski definition) is 1. The SMILES string of the molecule is CC(Oc1ccccc1C(F)(F)F)C(=O)NC1CCCN(c2ccc(C#N)cc2F)C1. The molecule has 2 aromatic rings. The Morgan fingerprint density at radius 2 is 2.03 bits per heavy atom. The zero-order chi connectivity index (χ0) is 22.6. The molecule has 1 N–H and O–H groups in total. The molecule has 164 valence electrons. The summed E-state index contributed by atoms with van der Waals surface area (Å²) in [5, 5.41) is 11.6. The molecule has 0 spiro atoms. The summed E-state index contributed by atoms with van der Waals surface area (Å²) >= 11 is 0. The minimum Gasteiger partial charge on any atom is -0.480 e. The second kappa shape index (κ2) is 9.25. The molecule has 1 saturated heterocycles. The zero-order valence-electron chi connectivity index (χ0n) is 16.7. The van der Waals surface area contributed by atoms with Crippen LogP contribution in [-0.2, 0) is 11.0 Å². The van der Waals surface area contributed by atoms with Crippen molar-refractivity contribution in [2.75, 3.05) is 18.0 Å². The van der Waals surface area contributed by atoms with Crippen LogP contribution >= 0.6 is 0 Å². The van der Waals surface area contributed by atoms with Crippen molar-refractivity contribution in [3.8, 4) is 11.8 Å². The second-order valence-corrected chi connectivity index (χ2v) is 7.33. The number of amides is 1. The van der Waals surface area contributed by atoms with Gasteiger partial charge in [0.2, 0.25) is 0 Å². The third kappa shape index (κ3) is 5.45. The Morgan fingerprint density at radius 1 is 1.29 bits per heavy atom. The van der Waals surface area contributed by atoms with Crippen molar-refractivity contribution in [2.24, 2.45) is 0 Å². The van der Waals surface area contributed by atoms with Crippen LogP contribution in [0.25, 0.3) is 0 Å². The minimum absolute atomic E-state index is 0.216. The molecular weight excluding hydrogens is 414 g/mol. The molecule has 9 heteroatoms. The highest BCUT2D eigenvalue weighted by atomic mass is 19.4. The lowest BCUT2D eigenvalue weighted by Crippen LogP contribution is -2.51. The predicted molar refractivity (Wildman–Crippen MR) is 106 cm³/mol. The lowest BCUT2D eigenvalue weighted by molar-refractivity contribution is -0.140. The number of anilines is 1. The summed E-state index contributed by atoms with van der Waals surface area (Å²) in [6.45, 7) is 2.30. The molecule has 1 amide bonds. The van der Waals surface area contributed by atoms with Crippen LogP contribution in [0, 0.1) is 17.1 Å². The van der Waals surface area contributed by atoms with Gasteiger partial charge in [-0.1, -0.05) is 12.1 Å². The van der Waals surface area contributed by atoms with Crippen molar-refractivity contribution in [3.05, 3.63) is 59.4 Å². The predicted octanol–water partition coefficient (Wildman–Crippen LogP) is 4.27. The van der Waals surface area contributed by atoms with Crippen LogP contribution < -0.4 is 15.0 Å². The molecule has 1 heterocycles. The van der Waals surface area contributed by atoms with Crippen LogP contribution in [0.2, 0.25) is 0 Å². The maximum absolute atomic E-state index is 14.3. The maximum Gasteiger partial charge on any atom is 0.419 e. The first-order valence-electron chi connectivity index (χ1n) is 9.77. The van der Waals surface area contributed by atoms with E-state index in [4.69, 9.17) is 10.00 Å². The summed E-state index contributed by atoms with van der Waals surface area (Å²) in [6, 6.07) is 10.5. The Bertz CT molecular complexity index is 987. The lowest BCUT2D eigenvalue weighted by atomic mass is 10.0. The van der Waals surface area contributed by atoms with E-state index in [9.17, 15) is 22.4 Å². The number of nitrogens with zero attached hydrogens (tertiary/aromatic N) is 2. The van der Waals surface area contributed by atoms with Gasteiger partial charge in [-0.05, 0) is 50.1 Å². The van der Waals surface area contributed by atoms with E-state index in [1.54, 1.807) is 4.90 Å². The molecule has 1 fully saturated rings. The number of halogens is 4. The van der Waals surface area contributed by atoms with E-state index in [0.29, 0.717) is 31.6 Å². The Morgan fingerprint density at radius 3 is 2.71 bits per heavy atom. The van der Waals surface area contributed by atoms with Crippen LogP contribution in [0.15, 0.2) is 42.5 Å². The van der Waals surface area contributed by atoms with Crippen molar-refractivity contribution in [2.45, 2.75) is 38.1 Å². The van der Waals surface area contributed by atoms with E-state index in [1.165, 1.54) is 37.3 Å². The molecule has 0 bridgehead atoms. The van der Waals surface area contributed by atoms with Crippen molar-refractivity contribution in [1.29, 1.82) is 5.26 Å². The number of ether oxygens (including phenoxy) is 1. The molecule has 3 rings (SSSR count).